The predicted molar refractivity (Wildman–Crippen MR) is 74.1 cm³/mol. The van der Waals surface area contributed by atoms with Crippen molar-refractivity contribution in [1.29, 1.82) is 0 Å². The molecule has 0 spiro atoms. The number of nitrogens with one attached hydrogen (secondary N) is 1. The molecule has 1 aliphatic carbocycles. The van der Waals surface area contributed by atoms with E-state index in [-0.39, 0.29) is 0 Å². The van der Waals surface area contributed by atoms with Crippen LogP contribution in [0.25, 0.3) is 0 Å². The van der Waals surface area contributed by atoms with Crippen molar-refractivity contribution in [1.82, 2.24) is 5.32 Å². The summed E-state index contributed by atoms with van der Waals surface area (Å²) in [6.45, 7) is 5.20. The number of hydrogen-bond donors (Lipinski definition) is 1. The second-order valence-electron chi connectivity index (χ2n) is 6.10. The summed E-state index contributed by atoms with van der Waals surface area (Å²) in [6.07, 6.45) is 2.50. The van der Waals surface area contributed by atoms with Crippen LogP contribution >= 0.6 is 11.6 Å². The third-order valence-electron chi connectivity index (χ3n) is 4.20. The van der Waals surface area contributed by atoms with Gasteiger partial charge in [0, 0.05) is 23.0 Å². The summed E-state index contributed by atoms with van der Waals surface area (Å²) < 4.78 is 5.27. The van der Waals surface area contributed by atoms with Gasteiger partial charge in [0.1, 0.15) is 0 Å². The molecule has 0 unspecified atom stereocenters. The molecule has 18 heavy (non-hydrogen) atoms. The van der Waals surface area contributed by atoms with E-state index in [1.807, 2.05) is 12.1 Å². The van der Waals surface area contributed by atoms with Gasteiger partial charge in [0.05, 0.1) is 13.2 Å². The van der Waals surface area contributed by atoms with E-state index in [1.165, 1.54) is 18.4 Å². The van der Waals surface area contributed by atoms with Gasteiger partial charge >= 0.3 is 0 Å². The van der Waals surface area contributed by atoms with Gasteiger partial charge in [-0.3, -0.25) is 0 Å². The Morgan fingerprint density at radius 3 is 2.50 bits per heavy atom. The van der Waals surface area contributed by atoms with Crippen LogP contribution in [0.15, 0.2) is 24.3 Å². The van der Waals surface area contributed by atoms with Gasteiger partial charge in [0.25, 0.3) is 0 Å². The van der Waals surface area contributed by atoms with E-state index in [4.69, 9.17) is 16.3 Å². The topological polar surface area (TPSA) is 21.3 Å². The molecule has 0 bridgehead atoms. The van der Waals surface area contributed by atoms with E-state index in [1.54, 1.807) is 0 Å². The minimum atomic E-state index is 0.380. The highest BCUT2D eigenvalue weighted by Gasteiger charge is 2.36. The van der Waals surface area contributed by atoms with Crippen LogP contribution in [0.2, 0.25) is 5.02 Å². The van der Waals surface area contributed by atoms with Crippen molar-refractivity contribution in [2.45, 2.75) is 31.7 Å². The smallest absolute Gasteiger partial charge is 0.0554 e. The van der Waals surface area contributed by atoms with Crippen molar-refractivity contribution >= 4 is 11.6 Å². The Hall–Kier alpha value is -0.570. The first-order valence-electron chi connectivity index (χ1n) is 6.71. The Morgan fingerprint density at radius 1 is 1.28 bits per heavy atom. The highest BCUT2D eigenvalue weighted by atomic mass is 35.5. The molecule has 3 rings (SSSR count). The number of ether oxygens (including phenoxy) is 1. The average molecular weight is 266 g/mol. The zero-order valence-corrected chi connectivity index (χ0v) is 11.5. The lowest BCUT2D eigenvalue weighted by atomic mass is 9.75. The van der Waals surface area contributed by atoms with Crippen LogP contribution in [0.4, 0.5) is 0 Å². The number of hydrogen-bond acceptors (Lipinski definition) is 2. The number of halogens is 1. The minimum absolute atomic E-state index is 0.380. The van der Waals surface area contributed by atoms with Gasteiger partial charge in [-0.2, -0.15) is 0 Å². The molecule has 2 aliphatic rings. The maximum atomic E-state index is 5.90. The van der Waals surface area contributed by atoms with Crippen molar-refractivity contribution in [3.8, 4) is 0 Å². The molecule has 2 nitrogen and oxygen atoms in total. The molecule has 1 aliphatic heterocycles. The molecule has 0 radical (unpaired) electrons. The average Bonchev–Trinajstić information content (AvgIpc) is 2.27. The molecule has 0 atom stereocenters. The molecule has 1 saturated heterocycles. The normalized spacial score (nSPS) is 29.4. The van der Waals surface area contributed by atoms with E-state index in [0.29, 0.717) is 17.4 Å². The Morgan fingerprint density at radius 2 is 1.94 bits per heavy atom. The Kier molecular flexibility index (Phi) is 3.35. The van der Waals surface area contributed by atoms with Crippen LogP contribution in [0, 0.1) is 5.41 Å². The summed E-state index contributed by atoms with van der Waals surface area (Å²) in [5.74, 6) is 0.713. The maximum absolute atomic E-state index is 5.90. The van der Waals surface area contributed by atoms with Gasteiger partial charge in [-0.15, -0.1) is 0 Å². The zero-order valence-electron chi connectivity index (χ0n) is 10.8. The molecule has 1 aromatic rings. The van der Waals surface area contributed by atoms with E-state index in [9.17, 15) is 0 Å². The van der Waals surface area contributed by atoms with Gasteiger partial charge in [0.2, 0.25) is 0 Å². The lowest BCUT2D eigenvalue weighted by Crippen LogP contribution is -2.51. The molecular formula is C15H20ClNO. The van der Waals surface area contributed by atoms with Gasteiger partial charge in [-0.1, -0.05) is 30.7 Å². The van der Waals surface area contributed by atoms with Crippen LogP contribution in [-0.2, 0) is 4.74 Å². The molecule has 3 heteroatoms. The molecule has 1 saturated carbocycles. The second-order valence-corrected chi connectivity index (χ2v) is 6.54. The third kappa shape index (κ3) is 2.56. The highest BCUT2D eigenvalue weighted by molar-refractivity contribution is 6.30. The number of rotatable bonds is 4. The van der Waals surface area contributed by atoms with Crippen molar-refractivity contribution in [3.63, 3.8) is 0 Å². The van der Waals surface area contributed by atoms with Gasteiger partial charge in [0.15, 0.2) is 0 Å². The van der Waals surface area contributed by atoms with Crippen LogP contribution < -0.4 is 5.32 Å². The first kappa shape index (κ1) is 12.5. The summed E-state index contributed by atoms with van der Waals surface area (Å²) in [4.78, 5) is 0. The quantitative estimate of drug-likeness (QED) is 0.903. The van der Waals surface area contributed by atoms with Crippen molar-refractivity contribution in [3.05, 3.63) is 34.9 Å². The van der Waals surface area contributed by atoms with Crippen molar-refractivity contribution in [2.75, 3.05) is 19.8 Å². The zero-order chi connectivity index (χ0) is 12.6. The van der Waals surface area contributed by atoms with Gasteiger partial charge in [-0.05, 0) is 36.5 Å². The lowest BCUT2D eigenvalue weighted by molar-refractivity contribution is -0.101. The molecule has 0 amide bonds. The SMILES string of the molecule is CC1(CNC2CC(c3ccc(Cl)cc3)C2)COC1. The van der Waals surface area contributed by atoms with Gasteiger partial charge < -0.3 is 10.1 Å². The van der Waals surface area contributed by atoms with Crippen molar-refractivity contribution < 1.29 is 4.74 Å². The van der Waals surface area contributed by atoms with Crippen molar-refractivity contribution in [2.24, 2.45) is 5.41 Å². The summed E-state index contributed by atoms with van der Waals surface area (Å²) in [5.41, 5.74) is 1.81. The summed E-state index contributed by atoms with van der Waals surface area (Å²) in [5, 5.41) is 4.49. The second kappa shape index (κ2) is 4.84. The fourth-order valence-electron chi connectivity index (χ4n) is 2.73. The van der Waals surface area contributed by atoms with Crippen LogP contribution in [0.3, 0.4) is 0 Å². The summed E-state index contributed by atoms with van der Waals surface area (Å²) in [7, 11) is 0. The predicted octanol–water partition coefficient (Wildman–Crippen LogP) is 3.21. The molecule has 2 fully saturated rings. The fourth-order valence-corrected chi connectivity index (χ4v) is 2.86. The minimum Gasteiger partial charge on any atom is -0.380 e. The highest BCUT2D eigenvalue weighted by Crippen LogP contribution is 2.38. The lowest BCUT2D eigenvalue weighted by Gasteiger charge is -2.42. The van der Waals surface area contributed by atoms with Crippen LogP contribution in [-0.4, -0.2) is 25.8 Å². The Bertz CT molecular complexity index is 407. The van der Waals surface area contributed by atoms with Gasteiger partial charge in [-0.25, -0.2) is 0 Å². The largest absolute Gasteiger partial charge is 0.380 e. The molecule has 1 aromatic carbocycles. The van der Waals surface area contributed by atoms with Crippen LogP contribution in [0.1, 0.15) is 31.2 Å². The standard InChI is InChI=1S/C15H20ClNO/c1-15(9-18-10-15)8-17-14-6-12(7-14)11-2-4-13(16)5-3-11/h2-5,12,14,17H,6-10H2,1H3. The summed E-state index contributed by atoms with van der Waals surface area (Å²) in [6, 6.07) is 8.98. The van der Waals surface area contributed by atoms with E-state index in [0.717, 1.165) is 24.8 Å². The molecule has 1 N–H and O–H groups in total. The molecular weight excluding hydrogens is 246 g/mol. The van der Waals surface area contributed by atoms with E-state index < -0.39 is 0 Å². The summed E-state index contributed by atoms with van der Waals surface area (Å²) >= 11 is 5.90. The fraction of sp³-hybridized carbons (Fsp3) is 0.600. The molecule has 0 aromatic heterocycles. The first-order chi connectivity index (χ1) is 8.65. The Labute approximate surface area is 114 Å². The maximum Gasteiger partial charge on any atom is 0.0554 e. The molecule has 98 valence electrons. The molecule has 1 heterocycles. The van der Waals surface area contributed by atoms with E-state index in [2.05, 4.69) is 24.4 Å². The Balaban J connectivity index is 1.44. The number of benzene rings is 1. The third-order valence-corrected chi connectivity index (χ3v) is 4.45. The monoisotopic (exact) mass is 265 g/mol. The van der Waals surface area contributed by atoms with E-state index >= 15 is 0 Å². The first-order valence-corrected chi connectivity index (χ1v) is 7.09. The van der Waals surface area contributed by atoms with Crippen LogP contribution in [0.5, 0.6) is 0 Å².